The lowest BCUT2D eigenvalue weighted by molar-refractivity contribution is -0.151. The molecule has 0 aromatic rings. The lowest BCUT2D eigenvalue weighted by atomic mass is 9.54. The number of aliphatic hydroxyl groups excluding tert-OH is 1. The predicted molar refractivity (Wildman–Crippen MR) is 86.7 cm³/mol. The average molecular weight is 331 g/mol. The Morgan fingerprint density at radius 2 is 1.79 bits per heavy atom. The molecule has 0 aromatic carbocycles. The maximum absolute atomic E-state index is 13.3. The van der Waals surface area contributed by atoms with Crippen molar-refractivity contribution in [3.8, 4) is 0 Å². The van der Waals surface area contributed by atoms with Crippen molar-refractivity contribution in [2.45, 2.75) is 64.0 Å². The Hall–Kier alpha value is -1.49. The maximum atomic E-state index is 13.3. The smallest absolute Gasteiger partial charge is 0.236 e. The minimum Gasteiger partial charge on any atom is -0.389 e. The molecule has 1 N–H and O–H groups in total. The van der Waals surface area contributed by atoms with E-state index in [1.54, 1.807) is 0 Å². The second-order valence-corrected chi connectivity index (χ2v) is 8.10. The van der Waals surface area contributed by atoms with Crippen molar-refractivity contribution in [1.29, 1.82) is 0 Å². The van der Waals surface area contributed by atoms with Crippen molar-refractivity contribution in [1.82, 2.24) is 4.90 Å². The Morgan fingerprint density at radius 3 is 2.50 bits per heavy atom. The van der Waals surface area contributed by atoms with Gasteiger partial charge in [0.2, 0.25) is 11.8 Å². The zero-order valence-corrected chi connectivity index (χ0v) is 14.1. The average Bonchev–Trinajstić information content (AvgIpc) is 2.78. The molecule has 1 unspecified atom stereocenters. The molecule has 1 heterocycles. The highest BCUT2D eigenvalue weighted by Gasteiger charge is 2.66. The Labute approximate surface area is 142 Å². The summed E-state index contributed by atoms with van der Waals surface area (Å²) in [5.74, 6) is -1.43. The van der Waals surface area contributed by atoms with Crippen LogP contribution in [0, 0.1) is 23.2 Å². The SMILES string of the molecule is CC12C(=O)N(C3CCCCC3)C(=O)[C@@H]1CC[C@H]1C(=O)C=C[C@@H](O)[C@@H]12. The Balaban J connectivity index is 1.73. The zero-order chi connectivity index (χ0) is 17.1. The molecule has 0 bridgehead atoms. The summed E-state index contributed by atoms with van der Waals surface area (Å²) >= 11 is 0. The number of ketones is 1. The summed E-state index contributed by atoms with van der Waals surface area (Å²) in [4.78, 5) is 40.2. The van der Waals surface area contributed by atoms with Crippen molar-refractivity contribution in [2.24, 2.45) is 23.2 Å². The molecule has 1 aliphatic heterocycles. The number of hydrogen-bond acceptors (Lipinski definition) is 4. The van der Waals surface area contributed by atoms with Crippen molar-refractivity contribution < 1.29 is 19.5 Å². The van der Waals surface area contributed by atoms with E-state index in [1.165, 1.54) is 17.1 Å². The molecule has 4 rings (SSSR count). The molecule has 0 spiro atoms. The van der Waals surface area contributed by atoms with Gasteiger partial charge in [-0.05, 0) is 38.7 Å². The van der Waals surface area contributed by atoms with Crippen LogP contribution in [0.15, 0.2) is 12.2 Å². The van der Waals surface area contributed by atoms with E-state index in [1.807, 2.05) is 6.92 Å². The first kappa shape index (κ1) is 16.0. The lowest BCUT2D eigenvalue weighted by Crippen LogP contribution is -2.54. The molecule has 24 heavy (non-hydrogen) atoms. The van der Waals surface area contributed by atoms with E-state index < -0.39 is 17.4 Å². The van der Waals surface area contributed by atoms with E-state index in [9.17, 15) is 19.5 Å². The van der Waals surface area contributed by atoms with Crippen LogP contribution in [-0.4, -0.2) is 39.7 Å². The summed E-state index contributed by atoms with van der Waals surface area (Å²) in [5.41, 5.74) is -0.947. The first-order chi connectivity index (χ1) is 11.5. The van der Waals surface area contributed by atoms with E-state index in [0.717, 1.165) is 32.1 Å². The summed E-state index contributed by atoms with van der Waals surface area (Å²) in [7, 11) is 0. The summed E-state index contributed by atoms with van der Waals surface area (Å²) in [6.45, 7) is 1.81. The molecule has 4 aliphatic rings. The number of hydrogen-bond donors (Lipinski definition) is 1. The molecule has 5 nitrogen and oxygen atoms in total. The quantitative estimate of drug-likeness (QED) is 0.744. The molecule has 3 fully saturated rings. The number of rotatable bonds is 1. The van der Waals surface area contributed by atoms with Crippen molar-refractivity contribution in [3.63, 3.8) is 0 Å². The number of likely N-dealkylation sites (tertiary alicyclic amines) is 1. The fraction of sp³-hybridized carbons (Fsp3) is 0.737. The molecule has 0 aromatic heterocycles. The van der Waals surface area contributed by atoms with Crippen LogP contribution in [0.4, 0.5) is 0 Å². The lowest BCUT2D eigenvalue weighted by Gasteiger charge is -2.47. The third-order valence-electron chi connectivity index (χ3n) is 6.96. The molecule has 1 saturated heterocycles. The van der Waals surface area contributed by atoms with Gasteiger partial charge in [-0.1, -0.05) is 25.3 Å². The van der Waals surface area contributed by atoms with Crippen molar-refractivity contribution >= 4 is 17.6 Å². The van der Waals surface area contributed by atoms with Gasteiger partial charge in [-0.25, -0.2) is 0 Å². The third kappa shape index (κ3) is 2.00. The summed E-state index contributed by atoms with van der Waals surface area (Å²) in [6.07, 6.45) is 8.30. The van der Waals surface area contributed by atoms with Crippen LogP contribution in [0.3, 0.4) is 0 Å². The number of fused-ring (bicyclic) bond motifs is 3. The van der Waals surface area contributed by atoms with Gasteiger partial charge in [0.05, 0.1) is 17.4 Å². The highest BCUT2D eigenvalue weighted by Crippen LogP contribution is 2.56. The largest absolute Gasteiger partial charge is 0.389 e. The highest BCUT2D eigenvalue weighted by atomic mass is 16.3. The minimum absolute atomic E-state index is 0.00611. The van der Waals surface area contributed by atoms with Gasteiger partial charge in [-0.15, -0.1) is 0 Å². The maximum Gasteiger partial charge on any atom is 0.236 e. The van der Waals surface area contributed by atoms with Gasteiger partial charge < -0.3 is 5.11 Å². The second-order valence-electron chi connectivity index (χ2n) is 8.10. The summed E-state index contributed by atoms with van der Waals surface area (Å²) in [6, 6.07) is 0.00611. The number of amides is 2. The summed E-state index contributed by atoms with van der Waals surface area (Å²) in [5, 5.41) is 10.5. The van der Waals surface area contributed by atoms with E-state index in [0.29, 0.717) is 12.8 Å². The zero-order valence-electron chi connectivity index (χ0n) is 14.1. The fourth-order valence-electron chi connectivity index (χ4n) is 5.71. The molecular weight excluding hydrogens is 306 g/mol. The Morgan fingerprint density at radius 1 is 1.08 bits per heavy atom. The molecule has 0 radical (unpaired) electrons. The molecule has 5 atom stereocenters. The second kappa shape index (κ2) is 5.51. The van der Waals surface area contributed by atoms with Gasteiger partial charge in [0, 0.05) is 17.9 Å². The first-order valence-electron chi connectivity index (χ1n) is 9.24. The number of imide groups is 1. The Kier molecular flexibility index (Phi) is 3.68. The third-order valence-corrected chi connectivity index (χ3v) is 6.96. The van der Waals surface area contributed by atoms with Crippen molar-refractivity contribution in [2.75, 3.05) is 0 Å². The van der Waals surface area contributed by atoms with Gasteiger partial charge in [0.1, 0.15) is 0 Å². The molecule has 130 valence electrons. The van der Waals surface area contributed by atoms with E-state index in [2.05, 4.69) is 0 Å². The number of allylic oxidation sites excluding steroid dienone is 1. The number of carbonyl (C=O) groups excluding carboxylic acids is 3. The highest BCUT2D eigenvalue weighted by molar-refractivity contribution is 6.08. The van der Waals surface area contributed by atoms with Crippen LogP contribution in [0.1, 0.15) is 51.9 Å². The van der Waals surface area contributed by atoms with Crippen LogP contribution in [-0.2, 0) is 14.4 Å². The molecule has 3 aliphatic carbocycles. The molecule has 5 heteroatoms. The summed E-state index contributed by atoms with van der Waals surface area (Å²) < 4.78 is 0. The van der Waals surface area contributed by atoms with Gasteiger partial charge in [0.25, 0.3) is 0 Å². The molecular formula is C19H25NO4. The van der Waals surface area contributed by atoms with Crippen LogP contribution in [0.25, 0.3) is 0 Å². The number of aliphatic hydroxyl groups is 1. The number of carbonyl (C=O) groups is 3. The van der Waals surface area contributed by atoms with E-state index in [-0.39, 0.29) is 35.5 Å². The van der Waals surface area contributed by atoms with Crippen LogP contribution in [0.5, 0.6) is 0 Å². The van der Waals surface area contributed by atoms with Gasteiger partial charge in [0.15, 0.2) is 5.78 Å². The van der Waals surface area contributed by atoms with Crippen LogP contribution in [0.2, 0.25) is 0 Å². The van der Waals surface area contributed by atoms with Crippen LogP contribution >= 0.6 is 0 Å². The van der Waals surface area contributed by atoms with Gasteiger partial charge in [-0.3, -0.25) is 19.3 Å². The normalized spacial score (nSPS) is 43.1. The predicted octanol–water partition coefficient (Wildman–Crippen LogP) is 1.84. The molecule has 2 amide bonds. The topological polar surface area (TPSA) is 74.7 Å². The van der Waals surface area contributed by atoms with Gasteiger partial charge in [-0.2, -0.15) is 0 Å². The number of nitrogens with zero attached hydrogens (tertiary/aromatic N) is 1. The van der Waals surface area contributed by atoms with Crippen LogP contribution < -0.4 is 0 Å². The molecule has 2 saturated carbocycles. The van der Waals surface area contributed by atoms with E-state index in [4.69, 9.17) is 0 Å². The van der Waals surface area contributed by atoms with Crippen molar-refractivity contribution in [3.05, 3.63) is 12.2 Å². The standard InChI is InChI=1S/C19H25NO4/c1-19-13(8-7-12-14(21)9-10-15(22)16(12)19)17(23)20(18(19)24)11-5-3-2-4-6-11/h9-13,15-16,22H,2-8H2,1H3/t12-,13-,15+,16+,19?/m0/s1. The Bertz CT molecular complexity index is 621. The fourth-order valence-corrected chi connectivity index (χ4v) is 5.71. The monoisotopic (exact) mass is 331 g/mol. The van der Waals surface area contributed by atoms with E-state index >= 15 is 0 Å². The van der Waals surface area contributed by atoms with Gasteiger partial charge >= 0.3 is 0 Å². The minimum atomic E-state index is -0.947. The first-order valence-corrected chi connectivity index (χ1v) is 9.24.